The number of aliphatic carboxylic acids is 1. The molecule has 0 aliphatic heterocycles. The monoisotopic (exact) mass is 615 g/mol. The maximum Gasteiger partial charge on any atom is 0.306 e. The zero-order chi connectivity index (χ0) is 32.3. The summed E-state index contributed by atoms with van der Waals surface area (Å²) in [5, 5.41) is 30.0. The summed E-state index contributed by atoms with van der Waals surface area (Å²) in [4.78, 5) is 36.8. The van der Waals surface area contributed by atoms with E-state index in [0.29, 0.717) is 64.8 Å². The summed E-state index contributed by atoms with van der Waals surface area (Å²) >= 11 is 0. The standard InChI is InChI=1S/C34H65NO8/c1-5-6-7-8-9-10-11-12-18-26-42-32(40)24-19-21-30(37)28-35(25-17-16-23-33(41)43-34(2,3)4)27-29(36)20-14-13-15-22-31(38)39/h29-30,36-37H,5-28H2,1-4H3,(H,38,39). The molecule has 0 radical (unpaired) electrons. The number of aliphatic hydroxyl groups is 2. The summed E-state index contributed by atoms with van der Waals surface area (Å²) in [6.07, 6.45) is 15.5. The molecule has 2 atom stereocenters. The van der Waals surface area contributed by atoms with Crippen LogP contribution in [0.2, 0.25) is 0 Å². The molecule has 9 nitrogen and oxygen atoms in total. The van der Waals surface area contributed by atoms with Crippen LogP contribution in [-0.4, -0.2) is 82.2 Å². The average molecular weight is 616 g/mol. The van der Waals surface area contributed by atoms with E-state index in [9.17, 15) is 24.6 Å². The minimum atomic E-state index is -0.806. The number of carbonyl (C=O) groups excluding carboxylic acids is 2. The molecule has 0 saturated heterocycles. The minimum absolute atomic E-state index is 0.138. The van der Waals surface area contributed by atoms with Crippen molar-refractivity contribution >= 4 is 17.9 Å². The van der Waals surface area contributed by atoms with Crippen molar-refractivity contribution in [3.05, 3.63) is 0 Å². The lowest BCUT2D eigenvalue weighted by Gasteiger charge is -2.27. The van der Waals surface area contributed by atoms with E-state index in [2.05, 4.69) is 6.92 Å². The van der Waals surface area contributed by atoms with Crippen molar-refractivity contribution in [1.29, 1.82) is 0 Å². The number of nitrogens with zero attached hydrogens (tertiary/aromatic N) is 1. The predicted octanol–water partition coefficient (Wildman–Crippen LogP) is 6.80. The van der Waals surface area contributed by atoms with Crippen LogP contribution in [-0.2, 0) is 23.9 Å². The van der Waals surface area contributed by atoms with Gasteiger partial charge in [-0.2, -0.15) is 0 Å². The molecular weight excluding hydrogens is 550 g/mol. The van der Waals surface area contributed by atoms with Gasteiger partial charge in [0.1, 0.15) is 5.60 Å². The first-order valence-electron chi connectivity index (χ1n) is 17.1. The van der Waals surface area contributed by atoms with Gasteiger partial charge in [0.05, 0.1) is 18.8 Å². The van der Waals surface area contributed by atoms with Gasteiger partial charge in [0, 0.05) is 32.4 Å². The van der Waals surface area contributed by atoms with Crippen molar-refractivity contribution in [1.82, 2.24) is 4.90 Å². The summed E-state index contributed by atoms with van der Waals surface area (Å²) in [6.45, 7) is 9.60. The van der Waals surface area contributed by atoms with E-state index < -0.39 is 23.8 Å². The number of ether oxygens (including phenoxy) is 2. The number of unbranched alkanes of at least 4 members (excludes halogenated alkanes) is 11. The second-order valence-corrected chi connectivity index (χ2v) is 13.0. The lowest BCUT2D eigenvalue weighted by Crippen LogP contribution is -2.38. The Morgan fingerprint density at radius 1 is 0.651 bits per heavy atom. The molecule has 0 rings (SSSR count). The summed E-state index contributed by atoms with van der Waals surface area (Å²) in [5.74, 6) is -1.26. The zero-order valence-corrected chi connectivity index (χ0v) is 28.0. The highest BCUT2D eigenvalue weighted by molar-refractivity contribution is 5.69. The summed E-state index contributed by atoms with van der Waals surface area (Å²) in [6, 6.07) is 0. The molecule has 0 aromatic heterocycles. The number of hydrogen-bond acceptors (Lipinski definition) is 8. The molecule has 43 heavy (non-hydrogen) atoms. The van der Waals surface area contributed by atoms with Crippen molar-refractivity contribution < 1.29 is 39.2 Å². The molecule has 0 aliphatic carbocycles. The third-order valence-electron chi connectivity index (χ3n) is 7.32. The molecule has 9 heteroatoms. The molecule has 254 valence electrons. The molecule has 0 heterocycles. The van der Waals surface area contributed by atoms with Crippen LogP contribution in [0.25, 0.3) is 0 Å². The van der Waals surface area contributed by atoms with Crippen LogP contribution in [0.4, 0.5) is 0 Å². The van der Waals surface area contributed by atoms with E-state index in [1.165, 1.54) is 44.9 Å². The Morgan fingerprint density at radius 2 is 1.16 bits per heavy atom. The van der Waals surface area contributed by atoms with Gasteiger partial charge >= 0.3 is 17.9 Å². The zero-order valence-electron chi connectivity index (χ0n) is 28.0. The lowest BCUT2D eigenvalue weighted by atomic mass is 10.1. The van der Waals surface area contributed by atoms with Crippen molar-refractivity contribution in [2.75, 3.05) is 26.2 Å². The number of hydrogen-bond donors (Lipinski definition) is 3. The van der Waals surface area contributed by atoms with Crippen LogP contribution in [0.1, 0.15) is 156 Å². The molecule has 0 fully saturated rings. The molecule has 0 aromatic rings. The number of aliphatic hydroxyl groups excluding tert-OH is 2. The van der Waals surface area contributed by atoms with Gasteiger partial charge in [-0.05, 0) is 72.3 Å². The second kappa shape index (κ2) is 26.7. The lowest BCUT2D eigenvalue weighted by molar-refractivity contribution is -0.155. The summed E-state index contributed by atoms with van der Waals surface area (Å²) in [5.41, 5.74) is -0.512. The van der Waals surface area contributed by atoms with Gasteiger partial charge in [-0.25, -0.2) is 0 Å². The van der Waals surface area contributed by atoms with Crippen molar-refractivity contribution in [2.24, 2.45) is 0 Å². The smallest absolute Gasteiger partial charge is 0.306 e. The molecule has 0 bridgehead atoms. The molecule has 0 aromatic carbocycles. The van der Waals surface area contributed by atoms with Crippen LogP contribution in [0.3, 0.4) is 0 Å². The first-order chi connectivity index (χ1) is 20.4. The van der Waals surface area contributed by atoms with Gasteiger partial charge in [0.15, 0.2) is 0 Å². The average Bonchev–Trinajstić information content (AvgIpc) is 2.90. The van der Waals surface area contributed by atoms with Crippen LogP contribution < -0.4 is 0 Å². The number of esters is 2. The topological polar surface area (TPSA) is 134 Å². The highest BCUT2D eigenvalue weighted by atomic mass is 16.6. The van der Waals surface area contributed by atoms with E-state index in [-0.39, 0.29) is 24.8 Å². The third-order valence-corrected chi connectivity index (χ3v) is 7.32. The molecular formula is C34H65NO8. The van der Waals surface area contributed by atoms with E-state index in [0.717, 1.165) is 32.1 Å². The molecule has 0 saturated carbocycles. The Balaban J connectivity index is 4.35. The largest absolute Gasteiger partial charge is 0.481 e. The fraction of sp³-hybridized carbons (Fsp3) is 0.912. The first kappa shape index (κ1) is 41.3. The van der Waals surface area contributed by atoms with Crippen molar-refractivity contribution in [3.63, 3.8) is 0 Å². The van der Waals surface area contributed by atoms with Gasteiger partial charge in [0.2, 0.25) is 0 Å². The summed E-state index contributed by atoms with van der Waals surface area (Å²) in [7, 11) is 0. The number of rotatable bonds is 29. The fourth-order valence-corrected chi connectivity index (χ4v) is 5.02. The van der Waals surface area contributed by atoms with E-state index >= 15 is 0 Å². The van der Waals surface area contributed by atoms with Gasteiger partial charge in [0.25, 0.3) is 0 Å². The van der Waals surface area contributed by atoms with Gasteiger partial charge in [-0.3, -0.25) is 19.3 Å². The van der Waals surface area contributed by atoms with E-state index in [1.807, 2.05) is 25.7 Å². The second-order valence-electron chi connectivity index (χ2n) is 13.0. The molecule has 2 unspecified atom stereocenters. The Morgan fingerprint density at radius 3 is 1.74 bits per heavy atom. The fourth-order valence-electron chi connectivity index (χ4n) is 5.02. The van der Waals surface area contributed by atoms with Crippen LogP contribution >= 0.6 is 0 Å². The number of carboxylic acid groups (broad SMARTS) is 1. The van der Waals surface area contributed by atoms with Crippen molar-refractivity contribution in [2.45, 2.75) is 174 Å². The van der Waals surface area contributed by atoms with Gasteiger partial charge in [-0.15, -0.1) is 0 Å². The Labute approximate surface area is 262 Å². The quantitative estimate of drug-likeness (QED) is 0.0613. The van der Waals surface area contributed by atoms with Gasteiger partial charge < -0.3 is 24.8 Å². The maximum atomic E-state index is 12.1. The Bertz CT molecular complexity index is 709. The molecule has 0 spiro atoms. The molecule has 3 N–H and O–H groups in total. The number of carboxylic acids is 1. The molecule has 0 aliphatic rings. The maximum absolute atomic E-state index is 12.1. The van der Waals surface area contributed by atoms with E-state index in [1.54, 1.807) is 0 Å². The Hall–Kier alpha value is -1.71. The number of carbonyl (C=O) groups is 3. The highest BCUT2D eigenvalue weighted by Crippen LogP contribution is 2.14. The minimum Gasteiger partial charge on any atom is -0.481 e. The van der Waals surface area contributed by atoms with Crippen LogP contribution in [0.15, 0.2) is 0 Å². The van der Waals surface area contributed by atoms with Crippen molar-refractivity contribution in [3.8, 4) is 0 Å². The summed E-state index contributed by atoms with van der Waals surface area (Å²) < 4.78 is 10.7. The predicted molar refractivity (Wildman–Crippen MR) is 171 cm³/mol. The SMILES string of the molecule is CCCCCCCCCCCOC(=O)CCCC(O)CN(CCCCC(=O)OC(C)(C)C)CC(O)CCCCCC(=O)O. The third kappa shape index (κ3) is 30.1. The molecule has 0 amide bonds. The first-order valence-corrected chi connectivity index (χ1v) is 17.1. The highest BCUT2D eigenvalue weighted by Gasteiger charge is 2.18. The van der Waals surface area contributed by atoms with E-state index in [4.69, 9.17) is 14.6 Å². The van der Waals surface area contributed by atoms with Crippen LogP contribution in [0.5, 0.6) is 0 Å². The van der Waals surface area contributed by atoms with Crippen LogP contribution in [0, 0.1) is 0 Å². The Kier molecular flexibility index (Phi) is 25.6. The normalized spacial score (nSPS) is 13.2. The van der Waals surface area contributed by atoms with Gasteiger partial charge in [-0.1, -0.05) is 71.1 Å².